The topological polar surface area (TPSA) is 28.2 Å². The highest BCUT2D eigenvalue weighted by Gasteiger charge is 2.37. The van der Waals surface area contributed by atoms with Crippen molar-refractivity contribution in [3.05, 3.63) is 16.1 Å². The first-order valence-electron chi connectivity index (χ1n) is 7.30. The van der Waals surface area contributed by atoms with Gasteiger partial charge in [0.1, 0.15) is 0 Å². The average Bonchev–Trinajstić information content (AvgIpc) is 3.30. The molecule has 1 atom stereocenters. The standard InChI is InChI=1S/C14H21N3S.ClH/c1-2-10(1)14-13(18-9-16-14)8-17(11-3-4-11)12-5-6-15-7-12;/h9-12,15H,1-8H2;1H. The number of nitrogens with zero attached hydrogens (tertiary/aromatic N) is 2. The molecule has 3 aliphatic rings. The lowest BCUT2D eigenvalue weighted by Crippen LogP contribution is -2.38. The van der Waals surface area contributed by atoms with Crippen LogP contribution in [0.4, 0.5) is 0 Å². The Kier molecular flexibility index (Phi) is 4.13. The Hall–Kier alpha value is -0.160. The molecule has 1 aromatic heterocycles. The van der Waals surface area contributed by atoms with Gasteiger partial charge in [0.25, 0.3) is 0 Å². The van der Waals surface area contributed by atoms with Crippen molar-refractivity contribution in [3.63, 3.8) is 0 Å². The van der Waals surface area contributed by atoms with Crippen LogP contribution in [0.1, 0.15) is 48.6 Å². The van der Waals surface area contributed by atoms with Gasteiger partial charge < -0.3 is 5.32 Å². The monoisotopic (exact) mass is 299 g/mol. The van der Waals surface area contributed by atoms with Gasteiger partial charge in [0, 0.05) is 36.0 Å². The molecule has 1 aromatic rings. The zero-order valence-corrected chi connectivity index (χ0v) is 12.8. The van der Waals surface area contributed by atoms with Gasteiger partial charge in [-0.05, 0) is 38.6 Å². The Labute approximate surface area is 125 Å². The van der Waals surface area contributed by atoms with Gasteiger partial charge in [0.2, 0.25) is 0 Å². The van der Waals surface area contributed by atoms with Crippen LogP contribution in [0.3, 0.4) is 0 Å². The number of hydrogen-bond donors (Lipinski definition) is 1. The van der Waals surface area contributed by atoms with E-state index in [1.807, 2.05) is 11.3 Å². The molecule has 0 amide bonds. The summed E-state index contributed by atoms with van der Waals surface area (Å²) in [6.45, 7) is 3.55. The molecule has 19 heavy (non-hydrogen) atoms. The van der Waals surface area contributed by atoms with Crippen molar-refractivity contribution < 1.29 is 0 Å². The number of rotatable bonds is 5. The summed E-state index contributed by atoms with van der Waals surface area (Å²) in [6.07, 6.45) is 6.88. The van der Waals surface area contributed by atoms with Crippen molar-refractivity contribution in [2.45, 2.75) is 56.7 Å². The lowest BCUT2D eigenvalue weighted by atomic mass is 10.2. The summed E-state index contributed by atoms with van der Waals surface area (Å²) in [6, 6.07) is 1.63. The molecule has 1 unspecified atom stereocenters. The van der Waals surface area contributed by atoms with E-state index >= 15 is 0 Å². The molecular formula is C14H22ClN3S. The molecule has 1 aliphatic heterocycles. The van der Waals surface area contributed by atoms with Crippen LogP contribution in [0.5, 0.6) is 0 Å². The van der Waals surface area contributed by atoms with Gasteiger partial charge in [-0.2, -0.15) is 0 Å². The molecule has 3 nitrogen and oxygen atoms in total. The third-order valence-electron chi connectivity index (χ3n) is 4.48. The summed E-state index contributed by atoms with van der Waals surface area (Å²) in [4.78, 5) is 8.93. The van der Waals surface area contributed by atoms with Crippen LogP contribution >= 0.6 is 23.7 Å². The van der Waals surface area contributed by atoms with Gasteiger partial charge >= 0.3 is 0 Å². The zero-order valence-electron chi connectivity index (χ0n) is 11.2. The molecule has 1 N–H and O–H groups in total. The minimum absolute atomic E-state index is 0. The van der Waals surface area contributed by atoms with E-state index in [0.717, 1.165) is 24.5 Å². The largest absolute Gasteiger partial charge is 0.315 e. The van der Waals surface area contributed by atoms with Crippen molar-refractivity contribution in [3.8, 4) is 0 Å². The number of halogens is 1. The molecule has 0 radical (unpaired) electrons. The molecule has 106 valence electrons. The van der Waals surface area contributed by atoms with Crippen LogP contribution in [0.15, 0.2) is 5.51 Å². The molecule has 0 spiro atoms. The third kappa shape index (κ3) is 2.97. The Morgan fingerprint density at radius 1 is 1.21 bits per heavy atom. The van der Waals surface area contributed by atoms with E-state index in [0.29, 0.717) is 0 Å². The van der Waals surface area contributed by atoms with Crippen LogP contribution in [0, 0.1) is 0 Å². The first-order valence-corrected chi connectivity index (χ1v) is 8.18. The smallest absolute Gasteiger partial charge is 0.0798 e. The molecule has 2 saturated carbocycles. The summed E-state index contributed by atoms with van der Waals surface area (Å²) in [5, 5.41) is 3.51. The quantitative estimate of drug-likeness (QED) is 0.906. The molecule has 5 heteroatoms. The molecule has 3 fully saturated rings. The van der Waals surface area contributed by atoms with Crippen LogP contribution < -0.4 is 5.32 Å². The Bertz CT molecular complexity index is 422. The van der Waals surface area contributed by atoms with Crippen LogP contribution in [-0.4, -0.2) is 35.1 Å². The highest BCUT2D eigenvalue weighted by Crippen LogP contribution is 2.43. The molecule has 4 rings (SSSR count). The van der Waals surface area contributed by atoms with E-state index in [2.05, 4.69) is 20.7 Å². The number of aromatic nitrogens is 1. The minimum atomic E-state index is 0. The van der Waals surface area contributed by atoms with E-state index in [4.69, 9.17) is 0 Å². The molecule has 0 bridgehead atoms. The predicted octanol–water partition coefficient (Wildman–Crippen LogP) is 2.77. The normalized spacial score (nSPS) is 26.7. The molecule has 0 aromatic carbocycles. The second-order valence-corrected chi connectivity index (χ2v) is 6.92. The fourth-order valence-corrected chi connectivity index (χ4v) is 4.00. The predicted molar refractivity (Wildman–Crippen MR) is 81.2 cm³/mol. The lowest BCUT2D eigenvalue weighted by molar-refractivity contribution is 0.190. The van der Waals surface area contributed by atoms with Crippen LogP contribution in [0.2, 0.25) is 0 Å². The maximum absolute atomic E-state index is 4.61. The highest BCUT2D eigenvalue weighted by atomic mass is 35.5. The minimum Gasteiger partial charge on any atom is -0.315 e. The molecular weight excluding hydrogens is 278 g/mol. The SMILES string of the molecule is Cl.c1nc(C2CC2)c(CN(C2CC2)C2CCNC2)s1. The summed E-state index contributed by atoms with van der Waals surface area (Å²) < 4.78 is 0. The van der Waals surface area contributed by atoms with E-state index in [9.17, 15) is 0 Å². The van der Waals surface area contributed by atoms with Crippen molar-refractivity contribution in [1.29, 1.82) is 0 Å². The van der Waals surface area contributed by atoms with Gasteiger partial charge in [0.05, 0.1) is 11.2 Å². The first-order chi connectivity index (χ1) is 8.92. The first kappa shape index (κ1) is 13.8. The Morgan fingerprint density at radius 3 is 2.68 bits per heavy atom. The number of thiazole rings is 1. The Morgan fingerprint density at radius 2 is 2.05 bits per heavy atom. The fourth-order valence-electron chi connectivity index (χ4n) is 3.14. The second-order valence-electron chi connectivity index (χ2n) is 5.99. The van der Waals surface area contributed by atoms with Crippen molar-refractivity contribution >= 4 is 23.7 Å². The van der Waals surface area contributed by atoms with Crippen LogP contribution in [0.25, 0.3) is 0 Å². The van der Waals surface area contributed by atoms with Gasteiger partial charge in [-0.15, -0.1) is 23.7 Å². The van der Waals surface area contributed by atoms with E-state index in [-0.39, 0.29) is 12.4 Å². The second kappa shape index (κ2) is 5.68. The Balaban J connectivity index is 0.00000110. The van der Waals surface area contributed by atoms with Gasteiger partial charge in [-0.3, -0.25) is 4.90 Å². The van der Waals surface area contributed by atoms with Crippen LogP contribution in [-0.2, 0) is 6.54 Å². The zero-order chi connectivity index (χ0) is 11.9. The number of hydrogen-bond acceptors (Lipinski definition) is 4. The van der Waals surface area contributed by atoms with Crippen molar-refractivity contribution in [2.24, 2.45) is 0 Å². The summed E-state index contributed by atoms with van der Waals surface area (Å²) >= 11 is 1.88. The maximum Gasteiger partial charge on any atom is 0.0798 e. The van der Waals surface area contributed by atoms with E-state index in [1.54, 1.807) is 4.88 Å². The molecule has 1 saturated heterocycles. The highest BCUT2D eigenvalue weighted by molar-refractivity contribution is 7.09. The summed E-state index contributed by atoms with van der Waals surface area (Å²) in [5.41, 5.74) is 3.48. The summed E-state index contributed by atoms with van der Waals surface area (Å²) in [5.74, 6) is 0.800. The van der Waals surface area contributed by atoms with E-state index < -0.39 is 0 Å². The number of nitrogens with one attached hydrogen (secondary N) is 1. The average molecular weight is 300 g/mol. The molecule has 2 heterocycles. The lowest BCUT2D eigenvalue weighted by Gasteiger charge is -2.28. The third-order valence-corrected chi connectivity index (χ3v) is 5.32. The van der Waals surface area contributed by atoms with Gasteiger partial charge in [-0.25, -0.2) is 4.98 Å². The molecule has 2 aliphatic carbocycles. The van der Waals surface area contributed by atoms with Gasteiger partial charge in [-0.1, -0.05) is 0 Å². The fraction of sp³-hybridized carbons (Fsp3) is 0.786. The maximum atomic E-state index is 4.61. The van der Waals surface area contributed by atoms with Crippen molar-refractivity contribution in [2.75, 3.05) is 13.1 Å². The van der Waals surface area contributed by atoms with Gasteiger partial charge in [0.15, 0.2) is 0 Å². The van der Waals surface area contributed by atoms with Crippen molar-refractivity contribution in [1.82, 2.24) is 15.2 Å². The summed E-state index contributed by atoms with van der Waals surface area (Å²) in [7, 11) is 0. The van der Waals surface area contributed by atoms with E-state index in [1.165, 1.54) is 50.9 Å².